The summed E-state index contributed by atoms with van der Waals surface area (Å²) in [5.74, 6) is 7.15. The van der Waals surface area contributed by atoms with Gasteiger partial charge in [-0.1, -0.05) is 36.1 Å². The number of nitrogens with one attached hydrogen (secondary N) is 2. The topological polar surface area (TPSA) is 123 Å². The molecule has 10 nitrogen and oxygen atoms in total. The van der Waals surface area contributed by atoms with Crippen molar-refractivity contribution in [1.82, 2.24) is 34.7 Å². The van der Waals surface area contributed by atoms with Crippen LogP contribution in [-0.4, -0.2) is 35.3 Å². The molecule has 2 aromatic carbocycles. The number of carbonyl (C=O) groups is 1. The zero-order chi connectivity index (χ0) is 27.1. The molecule has 39 heavy (non-hydrogen) atoms. The molecule has 4 N–H and O–H groups in total. The number of nitrogens with two attached hydrogens (primary N) is 1. The van der Waals surface area contributed by atoms with Gasteiger partial charge in [-0.05, 0) is 44.2 Å². The Kier molecular flexibility index (Phi) is 5.81. The van der Waals surface area contributed by atoms with Crippen molar-refractivity contribution >= 4 is 28.4 Å². The van der Waals surface area contributed by atoms with Crippen molar-refractivity contribution in [2.45, 2.75) is 19.9 Å². The molecule has 0 aliphatic rings. The quantitative estimate of drug-likeness (QED) is 0.246. The van der Waals surface area contributed by atoms with Crippen LogP contribution in [0.25, 0.3) is 22.4 Å². The summed E-state index contributed by atoms with van der Waals surface area (Å²) in [7, 11) is 1.90. The lowest BCUT2D eigenvalue weighted by atomic mass is 10.1. The standard InChI is InChI=1S/C29H25N9O/c1-18(33-29(39)24-26(30)35-37-16-8-15-31-28(24)37)27-34-23-12-7-9-20(13-14-21-17-32-36(3)19(21)2)25(23)38(27)22-10-5-4-6-11-22/h4-12,15-18H,1-3H3,(H3,30,33,35,39)/p+1. The lowest BCUT2D eigenvalue weighted by molar-refractivity contribution is -0.578. The van der Waals surface area contributed by atoms with Gasteiger partial charge >= 0.3 is 0 Å². The molecule has 1 amide bonds. The summed E-state index contributed by atoms with van der Waals surface area (Å²) in [6, 6.07) is 17.2. The SMILES string of the molecule is Cc1c(C#Cc2cccc3[nH]c(C(C)NC(=O)c4c(N)nn5cccnc45)[n+](-c4ccccc4)c23)cnn1C. The lowest BCUT2D eigenvalue weighted by Gasteiger charge is -2.11. The van der Waals surface area contributed by atoms with Crippen LogP contribution in [0.3, 0.4) is 0 Å². The number of aromatic amines is 1. The fourth-order valence-electron chi connectivity index (χ4n) is 4.66. The van der Waals surface area contributed by atoms with E-state index in [1.165, 1.54) is 4.52 Å². The number of para-hydroxylation sites is 2. The number of rotatable bonds is 4. The van der Waals surface area contributed by atoms with Crippen molar-refractivity contribution in [3.05, 3.63) is 101 Å². The molecule has 6 rings (SSSR count). The molecule has 1 atom stereocenters. The summed E-state index contributed by atoms with van der Waals surface area (Å²) in [4.78, 5) is 21.2. The van der Waals surface area contributed by atoms with Gasteiger partial charge in [0.1, 0.15) is 17.3 Å². The van der Waals surface area contributed by atoms with Gasteiger partial charge in [0, 0.05) is 19.4 Å². The second kappa shape index (κ2) is 9.46. The van der Waals surface area contributed by atoms with Gasteiger partial charge in [-0.3, -0.25) is 9.48 Å². The first kappa shape index (κ1) is 23.9. The molecule has 0 fully saturated rings. The Morgan fingerprint density at radius 3 is 2.67 bits per heavy atom. The van der Waals surface area contributed by atoms with Crippen LogP contribution in [0.15, 0.2) is 73.2 Å². The van der Waals surface area contributed by atoms with Crippen molar-refractivity contribution in [3.8, 4) is 17.5 Å². The van der Waals surface area contributed by atoms with E-state index in [9.17, 15) is 4.79 Å². The fraction of sp³-hybridized carbons (Fsp3) is 0.138. The number of imidazole rings is 1. The minimum absolute atomic E-state index is 0.120. The number of hydrogen-bond donors (Lipinski definition) is 3. The van der Waals surface area contributed by atoms with E-state index in [0.717, 1.165) is 39.4 Å². The molecular formula is C29H26N9O+. The van der Waals surface area contributed by atoms with Crippen molar-refractivity contribution in [1.29, 1.82) is 0 Å². The third kappa shape index (κ3) is 4.16. The maximum Gasteiger partial charge on any atom is 0.283 e. The molecule has 0 spiro atoms. The van der Waals surface area contributed by atoms with Crippen LogP contribution in [-0.2, 0) is 7.05 Å². The number of anilines is 1. The number of carbonyl (C=O) groups excluding carboxylic acids is 1. The summed E-state index contributed by atoms with van der Waals surface area (Å²) >= 11 is 0. The van der Waals surface area contributed by atoms with Crippen molar-refractivity contribution in [3.63, 3.8) is 0 Å². The smallest absolute Gasteiger partial charge is 0.283 e. The van der Waals surface area contributed by atoms with E-state index in [1.807, 2.05) is 69.4 Å². The molecule has 0 aliphatic heterocycles. The Hall–Kier alpha value is -5.43. The number of H-pyrrole nitrogens is 1. The molecule has 0 radical (unpaired) electrons. The van der Waals surface area contributed by atoms with E-state index < -0.39 is 6.04 Å². The number of nitrogens with zero attached hydrogens (tertiary/aromatic N) is 6. The van der Waals surface area contributed by atoms with E-state index >= 15 is 0 Å². The molecular weight excluding hydrogens is 490 g/mol. The number of amides is 1. The Morgan fingerprint density at radius 1 is 1.10 bits per heavy atom. The first-order chi connectivity index (χ1) is 18.9. The normalized spacial score (nSPS) is 11.9. The van der Waals surface area contributed by atoms with Gasteiger partial charge in [-0.15, -0.1) is 5.10 Å². The van der Waals surface area contributed by atoms with Gasteiger partial charge in [-0.25, -0.2) is 14.5 Å². The molecule has 0 saturated carbocycles. The highest BCUT2D eigenvalue weighted by Gasteiger charge is 2.29. The zero-order valence-corrected chi connectivity index (χ0v) is 21.7. The van der Waals surface area contributed by atoms with Crippen molar-refractivity contribution in [2.24, 2.45) is 7.05 Å². The highest BCUT2D eigenvalue weighted by atomic mass is 16.1. The molecule has 4 aromatic heterocycles. The van der Waals surface area contributed by atoms with Crippen LogP contribution in [0, 0.1) is 18.8 Å². The Labute approximate surface area is 224 Å². The predicted molar refractivity (Wildman–Crippen MR) is 147 cm³/mol. The monoisotopic (exact) mass is 516 g/mol. The number of nitrogen functional groups attached to an aromatic ring is 1. The number of fused-ring (bicyclic) bond motifs is 2. The molecule has 10 heteroatoms. The number of aromatic nitrogens is 7. The van der Waals surface area contributed by atoms with Crippen LogP contribution >= 0.6 is 0 Å². The lowest BCUT2D eigenvalue weighted by Crippen LogP contribution is -2.40. The zero-order valence-electron chi connectivity index (χ0n) is 21.7. The summed E-state index contributed by atoms with van der Waals surface area (Å²) in [6.45, 7) is 3.91. The summed E-state index contributed by atoms with van der Waals surface area (Å²) in [5, 5.41) is 11.6. The summed E-state index contributed by atoms with van der Waals surface area (Å²) in [5.41, 5.74) is 12.2. The van der Waals surface area contributed by atoms with Gasteiger partial charge in [-0.2, -0.15) is 9.67 Å². The van der Waals surface area contributed by atoms with Crippen molar-refractivity contribution in [2.75, 3.05) is 5.73 Å². The van der Waals surface area contributed by atoms with Gasteiger partial charge in [0.05, 0.1) is 23.0 Å². The predicted octanol–water partition coefficient (Wildman–Crippen LogP) is 3.00. The molecule has 0 saturated heterocycles. The second-order valence-electron chi connectivity index (χ2n) is 9.24. The largest absolute Gasteiger partial charge is 0.381 e. The Morgan fingerprint density at radius 2 is 1.90 bits per heavy atom. The Bertz CT molecular complexity index is 1920. The molecule has 192 valence electrons. The minimum atomic E-state index is -0.426. The van der Waals surface area contributed by atoms with E-state index in [2.05, 4.69) is 41.9 Å². The average Bonchev–Trinajstić information content (AvgIpc) is 3.60. The first-order valence-corrected chi connectivity index (χ1v) is 12.4. The van der Waals surface area contributed by atoms with Gasteiger partial charge in [0.25, 0.3) is 11.7 Å². The maximum absolute atomic E-state index is 13.4. The van der Waals surface area contributed by atoms with E-state index in [1.54, 1.807) is 29.3 Å². The highest BCUT2D eigenvalue weighted by molar-refractivity contribution is 6.04. The number of benzene rings is 2. The van der Waals surface area contributed by atoms with E-state index in [-0.39, 0.29) is 17.3 Å². The molecule has 6 aromatic rings. The van der Waals surface area contributed by atoms with Gasteiger partial charge in [0.15, 0.2) is 22.5 Å². The highest BCUT2D eigenvalue weighted by Crippen LogP contribution is 2.22. The second-order valence-corrected chi connectivity index (χ2v) is 9.24. The van der Waals surface area contributed by atoms with Crippen LogP contribution in [0.5, 0.6) is 0 Å². The van der Waals surface area contributed by atoms with Gasteiger partial charge < -0.3 is 11.1 Å². The fourth-order valence-corrected chi connectivity index (χ4v) is 4.66. The Balaban J connectivity index is 1.46. The maximum atomic E-state index is 13.4. The van der Waals surface area contributed by atoms with Gasteiger partial charge in [0.2, 0.25) is 0 Å². The van der Waals surface area contributed by atoms with Crippen LogP contribution < -0.4 is 15.6 Å². The number of aryl methyl sites for hydroxylation is 1. The molecule has 0 aliphatic carbocycles. The number of hydrogen-bond acceptors (Lipinski definition) is 5. The first-order valence-electron chi connectivity index (χ1n) is 12.4. The van der Waals surface area contributed by atoms with Crippen LogP contribution in [0.1, 0.15) is 46.0 Å². The third-order valence-corrected chi connectivity index (χ3v) is 6.75. The third-order valence-electron chi connectivity index (χ3n) is 6.75. The van der Waals surface area contributed by atoms with Crippen LogP contribution in [0.4, 0.5) is 5.82 Å². The molecule has 1 unspecified atom stereocenters. The van der Waals surface area contributed by atoms with E-state index in [4.69, 9.17) is 5.73 Å². The minimum Gasteiger partial charge on any atom is -0.381 e. The van der Waals surface area contributed by atoms with Crippen molar-refractivity contribution < 1.29 is 9.36 Å². The summed E-state index contributed by atoms with van der Waals surface area (Å²) < 4.78 is 5.40. The molecule has 4 heterocycles. The van der Waals surface area contributed by atoms with E-state index in [0.29, 0.717) is 5.65 Å². The summed E-state index contributed by atoms with van der Waals surface area (Å²) in [6.07, 6.45) is 5.08. The van der Waals surface area contributed by atoms with Crippen LogP contribution in [0.2, 0.25) is 0 Å². The average molecular weight is 517 g/mol. The molecule has 0 bridgehead atoms.